The molecule has 1 aromatic rings. The molecule has 18 nitrogen and oxygen atoms in total. The third kappa shape index (κ3) is 19.7. The van der Waals surface area contributed by atoms with Crippen LogP contribution in [-0.2, 0) is 52.5 Å². The lowest BCUT2D eigenvalue weighted by Gasteiger charge is -2.25. The number of ether oxygens (including phenoxy) is 6. The van der Waals surface area contributed by atoms with Gasteiger partial charge in [-0.25, -0.2) is 14.4 Å². The van der Waals surface area contributed by atoms with Crippen LogP contribution in [0.25, 0.3) is 0 Å². The van der Waals surface area contributed by atoms with Crippen molar-refractivity contribution in [2.45, 2.75) is 77.6 Å². The molecule has 0 bridgehead atoms. The smallest absolute Gasteiger partial charge is 0.344 e. The van der Waals surface area contributed by atoms with Crippen molar-refractivity contribution in [1.82, 2.24) is 5.39 Å². The summed E-state index contributed by atoms with van der Waals surface area (Å²) < 4.78 is 30.1. The summed E-state index contributed by atoms with van der Waals surface area (Å²) >= 11 is 0. The lowest BCUT2D eigenvalue weighted by molar-refractivity contribution is -0.492. The monoisotopic (exact) mass is 731 g/mol. The molecule has 1 aromatic carbocycles. The number of carbonyl (C=O) groups is 6. The summed E-state index contributed by atoms with van der Waals surface area (Å²) in [6.07, 6.45) is 4.22. The van der Waals surface area contributed by atoms with Crippen molar-refractivity contribution in [2.75, 3.05) is 52.9 Å². The largest absolute Gasteiger partial charge is 0.466 e. The lowest BCUT2D eigenvalue weighted by Crippen LogP contribution is -2.39. The van der Waals surface area contributed by atoms with Crippen LogP contribution >= 0.6 is 0 Å². The van der Waals surface area contributed by atoms with E-state index in [4.69, 9.17) is 38.8 Å². The lowest BCUT2D eigenvalue weighted by atomic mass is 9.87. The zero-order valence-corrected chi connectivity index (χ0v) is 28.8. The Hall–Kier alpha value is -4.20. The van der Waals surface area contributed by atoms with Gasteiger partial charge in [-0.2, -0.15) is 0 Å². The van der Waals surface area contributed by atoms with E-state index in [9.17, 15) is 39.0 Å². The Bertz CT molecular complexity index is 1210. The molecule has 0 spiro atoms. The summed E-state index contributed by atoms with van der Waals surface area (Å²) in [6, 6.07) is 5.75. The molecule has 0 unspecified atom stereocenters. The number of aliphatic hydroxyl groups excluding tert-OH is 2. The molecule has 0 aliphatic rings. The second-order valence-electron chi connectivity index (χ2n) is 11.1. The van der Waals surface area contributed by atoms with E-state index in [0.29, 0.717) is 51.4 Å². The molecule has 0 saturated heterocycles. The quantitative estimate of drug-likeness (QED) is 0.0317. The van der Waals surface area contributed by atoms with Crippen LogP contribution in [0.15, 0.2) is 24.3 Å². The van der Waals surface area contributed by atoms with Crippen LogP contribution < -0.4 is 4.74 Å². The second kappa shape index (κ2) is 26.6. The van der Waals surface area contributed by atoms with Gasteiger partial charge in [-0.3, -0.25) is 29.6 Å². The molecule has 1 rings (SSSR count). The summed E-state index contributed by atoms with van der Waals surface area (Å²) in [4.78, 5) is 76.9. The summed E-state index contributed by atoms with van der Waals surface area (Å²) in [7, 11) is 0. The van der Waals surface area contributed by atoms with E-state index < -0.39 is 61.7 Å². The van der Waals surface area contributed by atoms with Crippen molar-refractivity contribution in [3.63, 3.8) is 0 Å². The van der Waals surface area contributed by atoms with Crippen molar-refractivity contribution in [3.05, 3.63) is 29.8 Å². The van der Waals surface area contributed by atoms with Crippen LogP contribution in [0.5, 0.6) is 5.75 Å². The topological polar surface area (TPSA) is 251 Å². The van der Waals surface area contributed by atoms with Crippen molar-refractivity contribution < 1.29 is 82.7 Å². The fourth-order valence-corrected chi connectivity index (χ4v) is 4.08. The van der Waals surface area contributed by atoms with Gasteiger partial charge in [0.15, 0.2) is 13.2 Å². The van der Waals surface area contributed by atoms with E-state index in [0.717, 1.165) is 0 Å². The number of hydrogen-bond acceptors (Lipinski definition) is 18. The van der Waals surface area contributed by atoms with Gasteiger partial charge in [-0.15, -0.1) is 0 Å². The molecule has 0 radical (unpaired) electrons. The van der Waals surface area contributed by atoms with Crippen LogP contribution in [0.4, 0.5) is 0 Å². The third-order valence-electron chi connectivity index (χ3n) is 7.27. The minimum atomic E-state index is -1.34. The molecule has 0 saturated carbocycles. The maximum Gasteiger partial charge on any atom is 0.344 e. The Labute approximate surface area is 295 Å². The van der Waals surface area contributed by atoms with Crippen molar-refractivity contribution in [3.8, 4) is 5.75 Å². The molecule has 51 heavy (non-hydrogen) atoms. The highest BCUT2D eigenvalue weighted by Crippen LogP contribution is 2.23. The standard InChI is InChI=1S/C33H49NO17/c1-2-33(23-35,24-36)32(42)47-19-10-4-6-16-28(38)51-26-14-8-7-13-25(26)31(41)49-22-30(40)48-21-29(39)46-17-9-3-5-15-27(37)45-18-11-12-20-50-34(43)44/h7-8,13-14,35-36,43-44H,2-6,9-12,15-24H2,1H3. The van der Waals surface area contributed by atoms with Crippen LogP contribution in [0, 0.1) is 5.41 Å². The molecule has 0 atom stereocenters. The predicted molar refractivity (Wildman–Crippen MR) is 171 cm³/mol. The fraction of sp³-hybridized carbons (Fsp3) is 0.636. The molecule has 0 aliphatic carbocycles. The number of esters is 6. The van der Waals surface area contributed by atoms with Crippen LogP contribution in [-0.4, -0.2) is 115 Å². The van der Waals surface area contributed by atoms with E-state index in [1.165, 1.54) is 24.3 Å². The number of para-hydroxylation sites is 1. The number of carbonyl (C=O) groups excluding carboxylic acids is 6. The predicted octanol–water partition coefficient (Wildman–Crippen LogP) is 2.22. The van der Waals surface area contributed by atoms with E-state index >= 15 is 0 Å². The molecule has 18 heteroatoms. The van der Waals surface area contributed by atoms with Gasteiger partial charge in [0.25, 0.3) is 0 Å². The number of hydrogen-bond donors (Lipinski definition) is 4. The average molecular weight is 732 g/mol. The zero-order chi connectivity index (χ0) is 37.9. The molecule has 0 amide bonds. The Kier molecular flexibility index (Phi) is 23.4. The average Bonchev–Trinajstić information content (AvgIpc) is 3.11. The molecule has 288 valence electrons. The Morgan fingerprint density at radius 2 is 1.16 bits per heavy atom. The van der Waals surface area contributed by atoms with Crippen molar-refractivity contribution in [1.29, 1.82) is 0 Å². The first-order valence-electron chi connectivity index (χ1n) is 16.6. The number of aliphatic hydroxyl groups is 2. The highest BCUT2D eigenvalue weighted by molar-refractivity contribution is 5.94. The molecule has 0 heterocycles. The minimum Gasteiger partial charge on any atom is -0.466 e. The first-order chi connectivity index (χ1) is 24.5. The number of nitrogens with zero attached hydrogens (tertiary/aromatic N) is 1. The molecular weight excluding hydrogens is 682 g/mol. The van der Waals surface area contributed by atoms with Gasteiger partial charge in [0.2, 0.25) is 0 Å². The zero-order valence-electron chi connectivity index (χ0n) is 28.8. The Balaban J connectivity index is 2.23. The van der Waals surface area contributed by atoms with Crippen molar-refractivity contribution >= 4 is 35.8 Å². The summed E-state index contributed by atoms with van der Waals surface area (Å²) in [5.74, 6) is -4.58. The SMILES string of the molecule is CCC(CO)(CO)C(=O)OCCCCCC(=O)Oc1ccccc1C(=O)OCC(=O)OCC(=O)OCCCCCC(=O)OCCCCON(O)O. The molecule has 0 aromatic heterocycles. The van der Waals surface area contributed by atoms with Gasteiger partial charge in [0.05, 0.1) is 45.0 Å². The minimum absolute atomic E-state index is 0.00183. The first-order valence-corrected chi connectivity index (χ1v) is 16.6. The number of rotatable bonds is 28. The fourth-order valence-electron chi connectivity index (χ4n) is 4.08. The van der Waals surface area contributed by atoms with Gasteiger partial charge in [0.1, 0.15) is 16.7 Å². The van der Waals surface area contributed by atoms with Gasteiger partial charge in [0, 0.05) is 12.8 Å². The van der Waals surface area contributed by atoms with E-state index in [1.54, 1.807) is 6.92 Å². The molecule has 4 N–H and O–H groups in total. The Morgan fingerprint density at radius 1 is 0.627 bits per heavy atom. The second-order valence-corrected chi connectivity index (χ2v) is 11.1. The molecule has 0 fully saturated rings. The number of unbranched alkanes of at least 4 members (excludes halogenated alkanes) is 5. The summed E-state index contributed by atoms with van der Waals surface area (Å²) in [6.45, 7) is -0.614. The van der Waals surface area contributed by atoms with Gasteiger partial charge < -0.3 is 38.6 Å². The Morgan fingerprint density at radius 3 is 1.78 bits per heavy atom. The molecule has 0 aliphatic heterocycles. The van der Waals surface area contributed by atoms with E-state index in [2.05, 4.69) is 4.84 Å². The first kappa shape index (κ1) is 44.8. The maximum absolute atomic E-state index is 12.6. The van der Waals surface area contributed by atoms with Gasteiger partial charge >= 0.3 is 35.8 Å². The van der Waals surface area contributed by atoms with Crippen LogP contribution in [0.1, 0.15) is 87.9 Å². The highest BCUT2D eigenvalue weighted by Gasteiger charge is 2.37. The van der Waals surface area contributed by atoms with Gasteiger partial charge in [-0.05, 0) is 69.9 Å². The van der Waals surface area contributed by atoms with Crippen LogP contribution in [0.3, 0.4) is 0 Å². The third-order valence-corrected chi connectivity index (χ3v) is 7.27. The normalized spacial score (nSPS) is 11.1. The summed E-state index contributed by atoms with van der Waals surface area (Å²) in [5.41, 5.74) is -1.46. The number of benzene rings is 1. The highest BCUT2D eigenvalue weighted by atomic mass is 17.1. The molecular formula is C33H49NO17. The summed E-state index contributed by atoms with van der Waals surface area (Å²) in [5, 5.41) is 35.2. The maximum atomic E-state index is 12.6. The van der Waals surface area contributed by atoms with Crippen molar-refractivity contribution in [2.24, 2.45) is 5.41 Å². The van der Waals surface area contributed by atoms with Crippen LogP contribution in [0.2, 0.25) is 0 Å². The van der Waals surface area contributed by atoms with E-state index in [1.807, 2.05) is 0 Å². The van der Waals surface area contributed by atoms with Gasteiger partial charge in [-0.1, -0.05) is 19.1 Å². The van der Waals surface area contributed by atoms with E-state index in [-0.39, 0.29) is 68.4 Å².